The van der Waals surface area contributed by atoms with E-state index in [1.807, 2.05) is 17.9 Å². The second kappa shape index (κ2) is 9.45. The van der Waals surface area contributed by atoms with Gasteiger partial charge in [0.15, 0.2) is 0 Å². The molecule has 1 N–H and O–H groups in total. The molecular formula is C23H36N2O4. The molecule has 6 nitrogen and oxygen atoms in total. The summed E-state index contributed by atoms with van der Waals surface area (Å²) in [5.74, 6) is 0.948. The van der Waals surface area contributed by atoms with Gasteiger partial charge in [-0.3, -0.25) is 9.69 Å². The molecule has 0 bridgehead atoms. The van der Waals surface area contributed by atoms with E-state index in [1.54, 1.807) is 0 Å². The number of β-amino-alcohol motifs (C(OH)–C–C–N with tert-alkyl or cyclic N) is 1. The maximum Gasteiger partial charge on any atom is 0.251 e. The summed E-state index contributed by atoms with van der Waals surface area (Å²) in [5.41, 5.74) is 2.47. The van der Waals surface area contributed by atoms with Crippen molar-refractivity contribution in [3.8, 4) is 5.75 Å². The van der Waals surface area contributed by atoms with E-state index in [0.717, 1.165) is 37.2 Å². The molecule has 1 amide bonds. The molecule has 0 aliphatic carbocycles. The number of aliphatic hydroxyl groups excluding tert-OH is 1. The lowest BCUT2D eigenvalue weighted by Crippen LogP contribution is -2.53. The molecule has 0 aromatic heterocycles. The molecule has 1 aromatic rings. The zero-order chi connectivity index (χ0) is 21.0. The van der Waals surface area contributed by atoms with Crippen LogP contribution < -0.4 is 4.74 Å². The highest BCUT2D eigenvalue weighted by Crippen LogP contribution is 2.27. The first kappa shape index (κ1) is 22.1. The van der Waals surface area contributed by atoms with Crippen LogP contribution in [0.1, 0.15) is 44.7 Å². The molecule has 29 heavy (non-hydrogen) atoms. The van der Waals surface area contributed by atoms with Crippen LogP contribution >= 0.6 is 0 Å². The molecular weight excluding hydrogens is 368 g/mol. The van der Waals surface area contributed by atoms with E-state index in [9.17, 15) is 9.90 Å². The van der Waals surface area contributed by atoms with Crippen LogP contribution in [-0.4, -0.2) is 79.0 Å². The normalized spacial score (nSPS) is 22.0. The maximum absolute atomic E-state index is 12.4. The number of aliphatic hydroxyl groups is 1. The highest BCUT2D eigenvalue weighted by Gasteiger charge is 2.30. The summed E-state index contributed by atoms with van der Waals surface area (Å²) in [6, 6.07) is 6.25. The summed E-state index contributed by atoms with van der Waals surface area (Å²) < 4.78 is 11.4. The Morgan fingerprint density at radius 1 is 1.28 bits per heavy atom. The fourth-order valence-electron chi connectivity index (χ4n) is 3.94. The summed E-state index contributed by atoms with van der Waals surface area (Å²) in [6.45, 7) is 13.1. The molecule has 2 heterocycles. The van der Waals surface area contributed by atoms with Crippen LogP contribution in [-0.2, 0) is 14.9 Å². The van der Waals surface area contributed by atoms with Gasteiger partial charge in [0, 0.05) is 39.3 Å². The molecule has 0 spiro atoms. The third kappa shape index (κ3) is 5.93. The van der Waals surface area contributed by atoms with Crippen molar-refractivity contribution in [2.24, 2.45) is 0 Å². The van der Waals surface area contributed by atoms with Crippen LogP contribution in [0.5, 0.6) is 5.75 Å². The van der Waals surface area contributed by atoms with Gasteiger partial charge in [0.1, 0.15) is 24.6 Å². The lowest BCUT2D eigenvalue weighted by molar-refractivity contribution is -0.142. The van der Waals surface area contributed by atoms with Crippen LogP contribution in [0.4, 0.5) is 0 Å². The zero-order valence-electron chi connectivity index (χ0n) is 18.3. The Morgan fingerprint density at radius 3 is 2.59 bits per heavy atom. The van der Waals surface area contributed by atoms with Crippen LogP contribution in [0.25, 0.3) is 0 Å². The number of nitrogens with zero attached hydrogens (tertiary/aromatic N) is 2. The minimum Gasteiger partial charge on any atom is -0.491 e. The number of piperazine rings is 1. The van der Waals surface area contributed by atoms with Gasteiger partial charge < -0.3 is 19.5 Å². The number of benzene rings is 1. The minimum absolute atomic E-state index is 0.107. The lowest BCUT2D eigenvalue weighted by Gasteiger charge is -2.36. The Bertz CT molecular complexity index is 687. The highest BCUT2D eigenvalue weighted by molar-refractivity contribution is 5.81. The molecule has 2 saturated heterocycles. The van der Waals surface area contributed by atoms with E-state index < -0.39 is 6.10 Å². The first-order valence-corrected chi connectivity index (χ1v) is 10.8. The summed E-state index contributed by atoms with van der Waals surface area (Å²) in [4.78, 5) is 16.5. The zero-order valence-corrected chi connectivity index (χ0v) is 18.3. The van der Waals surface area contributed by atoms with Crippen molar-refractivity contribution in [1.82, 2.24) is 9.80 Å². The van der Waals surface area contributed by atoms with E-state index in [0.29, 0.717) is 26.2 Å². The van der Waals surface area contributed by atoms with Gasteiger partial charge in [0.25, 0.3) is 5.91 Å². The fourth-order valence-corrected chi connectivity index (χ4v) is 3.94. The Balaban J connectivity index is 1.41. The quantitative estimate of drug-likeness (QED) is 0.789. The summed E-state index contributed by atoms with van der Waals surface area (Å²) in [6.07, 6.45) is 1.01. The second-order valence-corrected chi connectivity index (χ2v) is 9.32. The topological polar surface area (TPSA) is 62.2 Å². The maximum atomic E-state index is 12.4. The third-order valence-electron chi connectivity index (χ3n) is 5.83. The molecule has 162 valence electrons. The smallest absolute Gasteiger partial charge is 0.251 e. The van der Waals surface area contributed by atoms with Crippen molar-refractivity contribution in [2.45, 2.75) is 58.2 Å². The lowest BCUT2D eigenvalue weighted by atomic mass is 9.86. The first-order chi connectivity index (χ1) is 13.7. The predicted octanol–water partition coefficient (Wildman–Crippen LogP) is 2.36. The van der Waals surface area contributed by atoms with E-state index >= 15 is 0 Å². The molecule has 3 rings (SSSR count). The van der Waals surface area contributed by atoms with Gasteiger partial charge in [-0.1, -0.05) is 32.9 Å². The highest BCUT2D eigenvalue weighted by atomic mass is 16.5. The molecule has 2 aliphatic heterocycles. The number of carbonyl (C=O) groups excluding carboxylic acids is 1. The average molecular weight is 405 g/mol. The van der Waals surface area contributed by atoms with Crippen LogP contribution in [0.15, 0.2) is 18.2 Å². The van der Waals surface area contributed by atoms with Crippen LogP contribution in [0.2, 0.25) is 0 Å². The number of amides is 1. The number of rotatable bonds is 6. The average Bonchev–Trinajstić information content (AvgIpc) is 3.21. The number of ether oxygens (including phenoxy) is 2. The number of carbonyl (C=O) groups is 1. The van der Waals surface area contributed by atoms with E-state index in [1.165, 1.54) is 5.56 Å². The molecule has 2 fully saturated rings. The molecule has 2 atom stereocenters. The number of hydrogen-bond acceptors (Lipinski definition) is 5. The van der Waals surface area contributed by atoms with Gasteiger partial charge in [-0.25, -0.2) is 0 Å². The van der Waals surface area contributed by atoms with Gasteiger partial charge in [-0.2, -0.15) is 0 Å². The van der Waals surface area contributed by atoms with E-state index in [4.69, 9.17) is 9.47 Å². The standard InChI is InChI=1S/C23H36N2O4/c1-17-14-18(23(2,3)4)7-8-20(17)29-16-19(26)15-24-9-11-25(12-10-24)22(27)21-6-5-13-28-21/h7-8,14,19,21,26H,5-6,9-13,15-16H2,1-4H3. The monoisotopic (exact) mass is 404 g/mol. The Kier molecular flexibility index (Phi) is 7.19. The van der Waals surface area contributed by atoms with Crippen molar-refractivity contribution >= 4 is 5.91 Å². The van der Waals surface area contributed by atoms with Crippen molar-refractivity contribution in [2.75, 3.05) is 45.9 Å². The van der Waals surface area contributed by atoms with Crippen molar-refractivity contribution in [3.05, 3.63) is 29.3 Å². The fraction of sp³-hybridized carbons (Fsp3) is 0.696. The number of aryl methyl sites for hydroxylation is 1. The molecule has 2 unspecified atom stereocenters. The molecule has 1 aromatic carbocycles. The van der Waals surface area contributed by atoms with Crippen molar-refractivity contribution in [1.29, 1.82) is 0 Å². The van der Waals surface area contributed by atoms with Crippen LogP contribution in [0, 0.1) is 6.92 Å². The third-order valence-corrected chi connectivity index (χ3v) is 5.83. The largest absolute Gasteiger partial charge is 0.491 e. The summed E-state index contributed by atoms with van der Waals surface area (Å²) in [7, 11) is 0. The van der Waals surface area contributed by atoms with E-state index in [2.05, 4.69) is 37.8 Å². The summed E-state index contributed by atoms with van der Waals surface area (Å²) in [5, 5.41) is 10.4. The van der Waals surface area contributed by atoms with Gasteiger partial charge in [0.2, 0.25) is 0 Å². The molecule has 2 aliphatic rings. The Hall–Kier alpha value is -1.63. The van der Waals surface area contributed by atoms with Gasteiger partial charge in [0.05, 0.1) is 0 Å². The Labute approximate surface area is 174 Å². The van der Waals surface area contributed by atoms with E-state index in [-0.39, 0.29) is 24.0 Å². The van der Waals surface area contributed by atoms with Gasteiger partial charge >= 0.3 is 0 Å². The van der Waals surface area contributed by atoms with Crippen molar-refractivity contribution < 1.29 is 19.4 Å². The molecule has 6 heteroatoms. The van der Waals surface area contributed by atoms with Gasteiger partial charge in [-0.05, 0) is 42.4 Å². The SMILES string of the molecule is Cc1cc(C(C)(C)C)ccc1OCC(O)CN1CCN(C(=O)C2CCCO2)CC1. The number of hydrogen-bond donors (Lipinski definition) is 1. The first-order valence-electron chi connectivity index (χ1n) is 10.8. The van der Waals surface area contributed by atoms with Crippen molar-refractivity contribution in [3.63, 3.8) is 0 Å². The predicted molar refractivity (Wildman–Crippen MR) is 113 cm³/mol. The molecule has 0 radical (unpaired) electrons. The molecule has 0 saturated carbocycles. The minimum atomic E-state index is -0.558. The summed E-state index contributed by atoms with van der Waals surface area (Å²) >= 11 is 0. The second-order valence-electron chi connectivity index (χ2n) is 9.32. The van der Waals surface area contributed by atoms with Gasteiger partial charge in [-0.15, -0.1) is 0 Å². The van der Waals surface area contributed by atoms with Crippen LogP contribution in [0.3, 0.4) is 0 Å². The Morgan fingerprint density at radius 2 is 2.00 bits per heavy atom.